The molecular formula is C27H26ClFN4O3. The minimum absolute atomic E-state index is 0.0253. The summed E-state index contributed by atoms with van der Waals surface area (Å²) in [6.45, 7) is 2.83. The number of nitrogens with zero attached hydrogens (tertiary/aromatic N) is 4. The van der Waals surface area contributed by atoms with Crippen LogP contribution in [0.1, 0.15) is 18.0 Å². The summed E-state index contributed by atoms with van der Waals surface area (Å²) in [6, 6.07) is 19.4. The van der Waals surface area contributed by atoms with E-state index in [0.29, 0.717) is 24.7 Å². The minimum atomic E-state index is -0.933. The number of hydrogen-bond donors (Lipinski definition) is 1. The number of anilines is 2. The van der Waals surface area contributed by atoms with Gasteiger partial charge in [0.1, 0.15) is 11.6 Å². The number of rotatable bonds is 5. The van der Waals surface area contributed by atoms with Gasteiger partial charge in [-0.25, -0.2) is 9.38 Å². The van der Waals surface area contributed by atoms with Crippen LogP contribution in [0.4, 0.5) is 21.5 Å². The highest BCUT2D eigenvalue weighted by atomic mass is 35.5. The van der Waals surface area contributed by atoms with Gasteiger partial charge < -0.3 is 24.5 Å². The summed E-state index contributed by atoms with van der Waals surface area (Å²) >= 11 is 6.14. The fraction of sp³-hybridized carbons (Fsp3) is 0.259. The van der Waals surface area contributed by atoms with Crippen molar-refractivity contribution in [2.75, 3.05) is 43.1 Å². The number of aliphatic carboxylic acids is 1. The normalized spacial score (nSPS) is 17.5. The molecule has 0 aliphatic carbocycles. The maximum absolute atomic E-state index is 14.0. The first kappa shape index (κ1) is 23.9. The van der Waals surface area contributed by atoms with E-state index in [0.717, 1.165) is 35.8 Å². The summed E-state index contributed by atoms with van der Waals surface area (Å²) in [5.74, 6) is -0.0258. The van der Waals surface area contributed by atoms with Crippen LogP contribution in [0.5, 0.6) is 5.75 Å². The highest BCUT2D eigenvalue weighted by Gasteiger charge is 2.36. The fourth-order valence-electron chi connectivity index (χ4n) is 4.80. The van der Waals surface area contributed by atoms with Crippen LogP contribution in [0.2, 0.25) is 5.02 Å². The number of hydrogen-bond acceptors (Lipinski definition) is 6. The van der Waals surface area contributed by atoms with E-state index in [1.54, 1.807) is 13.2 Å². The summed E-state index contributed by atoms with van der Waals surface area (Å²) < 4.78 is 19.4. The van der Waals surface area contributed by atoms with Crippen LogP contribution >= 0.6 is 11.6 Å². The molecule has 0 bridgehead atoms. The van der Waals surface area contributed by atoms with Gasteiger partial charge in [0.15, 0.2) is 0 Å². The quantitative estimate of drug-likeness (QED) is 0.502. The number of fused-ring (bicyclic) bond motifs is 1. The third-order valence-electron chi connectivity index (χ3n) is 6.57. The van der Waals surface area contributed by atoms with Crippen LogP contribution in [0.15, 0.2) is 71.7 Å². The van der Waals surface area contributed by atoms with E-state index >= 15 is 0 Å². The standard InChI is InChI=1S/C27H26ClFN4O3/c1-36-20-6-4-5-18(15-20)31-11-13-32(14-12-31)27-30-24-8-3-2-7-21(24)25(17-26(34)35)33(27)19-9-10-23(29)22(28)16-19/h2-10,15-16,25H,11-14,17H2,1H3,(H,34,35). The smallest absolute Gasteiger partial charge is 0.305 e. The number of guanidine groups is 1. The van der Waals surface area contributed by atoms with Crippen molar-refractivity contribution in [2.24, 2.45) is 4.99 Å². The zero-order valence-corrected chi connectivity index (χ0v) is 20.5. The topological polar surface area (TPSA) is 68.6 Å². The third-order valence-corrected chi connectivity index (χ3v) is 6.86. The summed E-state index contributed by atoms with van der Waals surface area (Å²) in [5.41, 5.74) is 3.21. The second-order valence-corrected chi connectivity index (χ2v) is 9.14. The predicted molar refractivity (Wildman–Crippen MR) is 139 cm³/mol. The lowest BCUT2D eigenvalue weighted by Gasteiger charge is -2.45. The molecule has 1 fully saturated rings. The van der Waals surface area contributed by atoms with Gasteiger partial charge >= 0.3 is 5.97 Å². The van der Waals surface area contributed by atoms with Crippen LogP contribution in [0.3, 0.4) is 0 Å². The van der Waals surface area contributed by atoms with Crippen LogP contribution in [-0.4, -0.2) is 55.2 Å². The highest BCUT2D eigenvalue weighted by Crippen LogP contribution is 2.41. The second kappa shape index (κ2) is 10.1. The zero-order chi connectivity index (χ0) is 25.2. The van der Waals surface area contributed by atoms with Crippen LogP contribution in [0.25, 0.3) is 0 Å². The molecule has 2 aliphatic heterocycles. The molecule has 0 amide bonds. The molecule has 0 spiro atoms. The monoisotopic (exact) mass is 508 g/mol. The molecule has 0 saturated carbocycles. The number of methoxy groups -OCH3 is 1. The largest absolute Gasteiger partial charge is 0.497 e. The van der Waals surface area contributed by atoms with Crippen molar-refractivity contribution in [3.8, 4) is 5.75 Å². The molecule has 2 heterocycles. The zero-order valence-electron chi connectivity index (χ0n) is 19.8. The summed E-state index contributed by atoms with van der Waals surface area (Å²) in [6.07, 6.45) is -0.144. The highest BCUT2D eigenvalue weighted by molar-refractivity contribution is 6.31. The minimum Gasteiger partial charge on any atom is -0.497 e. The molecule has 9 heteroatoms. The fourth-order valence-corrected chi connectivity index (χ4v) is 4.98. The Morgan fingerprint density at radius 3 is 2.50 bits per heavy atom. The Kier molecular flexibility index (Phi) is 6.69. The number of ether oxygens (including phenoxy) is 1. The molecule has 2 aliphatic rings. The molecule has 0 aromatic heterocycles. The number of carboxylic acids is 1. The Morgan fingerprint density at radius 2 is 1.78 bits per heavy atom. The van der Waals surface area contributed by atoms with E-state index in [1.807, 2.05) is 47.4 Å². The molecule has 186 valence electrons. The molecular weight excluding hydrogens is 483 g/mol. The number of benzene rings is 3. The second-order valence-electron chi connectivity index (χ2n) is 8.73. The Labute approximate surface area is 214 Å². The Morgan fingerprint density at radius 1 is 1.03 bits per heavy atom. The van der Waals surface area contributed by atoms with Crippen LogP contribution in [0, 0.1) is 5.82 Å². The summed E-state index contributed by atoms with van der Waals surface area (Å²) in [4.78, 5) is 23.2. The average molecular weight is 509 g/mol. The number of para-hydroxylation sites is 1. The van der Waals surface area contributed by atoms with Gasteiger partial charge in [-0.3, -0.25) is 4.79 Å². The van der Waals surface area contributed by atoms with E-state index in [2.05, 4.69) is 15.9 Å². The number of halogens is 2. The molecule has 5 rings (SSSR count). The Hall–Kier alpha value is -3.78. The van der Waals surface area contributed by atoms with Gasteiger partial charge in [0.2, 0.25) is 5.96 Å². The lowest BCUT2D eigenvalue weighted by molar-refractivity contribution is -0.137. The SMILES string of the molecule is COc1cccc(N2CCN(C3=Nc4ccccc4C(CC(=O)O)N3c3ccc(F)c(Cl)c3)CC2)c1. The van der Waals surface area contributed by atoms with Gasteiger partial charge in [0.05, 0.1) is 30.3 Å². The van der Waals surface area contributed by atoms with Crippen molar-refractivity contribution < 1.29 is 19.0 Å². The molecule has 36 heavy (non-hydrogen) atoms. The molecule has 0 radical (unpaired) electrons. The third kappa shape index (κ3) is 4.68. The number of aliphatic imine (C=N–C) groups is 1. The van der Waals surface area contributed by atoms with E-state index in [-0.39, 0.29) is 11.4 Å². The van der Waals surface area contributed by atoms with E-state index in [1.165, 1.54) is 12.1 Å². The van der Waals surface area contributed by atoms with Crippen LogP contribution < -0.4 is 14.5 Å². The van der Waals surface area contributed by atoms with E-state index < -0.39 is 17.8 Å². The number of carboxylic acid groups (broad SMARTS) is 1. The summed E-state index contributed by atoms with van der Waals surface area (Å²) in [7, 11) is 1.65. The molecule has 1 atom stereocenters. The van der Waals surface area contributed by atoms with Gasteiger partial charge in [0.25, 0.3) is 0 Å². The molecule has 7 nitrogen and oxygen atoms in total. The van der Waals surface area contributed by atoms with E-state index in [4.69, 9.17) is 21.3 Å². The first-order valence-electron chi connectivity index (χ1n) is 11.7. The van der Waals surface area contributed by atoms with E-state index in [9.17, 15) is 14.3 Å². The van der Waals surface area contributed by atoms with Crippen molar-refractivity contribution in [1.82, 2.24) is 4.90 Å². The van der Waals surface area contributed by atoms with Gasteiger partial charge in [-0.2, -0.15) is 0 Å². The Balaban J connectivity index is 1.50. The number of carbonyl (C=O) groups is 1. The predicted octanol–water partition coefficient (Wildman–Crippen LogP) is 5.33. The van der Waals surface area contributed by atoms with Crippen molar-refractivity contribution >= 4 is 40.6 Å². The van der Waals surface area contributed by atoms with Crippen LogP contribution in [-0.2, 0) is 4.79 Å². The summed E-state index contributed by atoms with van der Waals surface area (Å²) in [5, 5.41) is 9.75. The molecule has 1 unspecified atom stereocenters. The maximum atomic E-state index is 14.0. The lowest BCUT2D eigenvalue weighted by atomic mass is 9.97. The number of piperazine rings is 1. The van der Waals surface area contributed by atoms with Crippen molar-refractivity contribution in [3.05, 3.63) is 83.1 Å². The molecule has 3 aromatic carbocycles. The van der Waals surface area contributed by atoms with Crippen molar-refractivity contribution in [1.29, 1.82) is 0 Å². The lowest BCUT2D eigenvalue weighted by Crippen LogP contribution is -2.55. The van der Waals surface area contributed by atoms with Crippen molar-refractivity contribution in [2.45, 2.75) is 12.5 Å². The molecule has 3 aromatic rings. The van der Waals surface area contributed by atoms with Gasteiger partial charge in [0, 0.05) is 49.2 Å². The molecule has 1 saturated heterocycles. The molecule has 1 N–H and O–H groups in total. The van der Waals surface area contributed by atoms with Gasteiger partial charge in [-0.05, 0) is 36.4 Å². The maximum Gasteiger partial charge on any atom is 0.305 e. The Bertz CT molecular complexity index is 1310. The first-order valence-corrected chi connectivity index (χ1v) is 12.1. The van der Waals surface area contributed by atoms with Crippen molar-refractivity contribution in [3.63, 3.8) is 0 Å². The average Bonchev–Trinajstić information content (AvgIpc) is 2.90. The van der Waals surface area contributed by atoms with Gasteiger partial charge in [-0.15, -0.1) is 0 Å². The van der Waals surface area contributed by atoms with Gasteiger partial charge in [-0.1, -0.05) is 35.9 Å². The first-order chi connectivity index (χ1) is 17.4.